The van der Waals surface area contributed by atoms with Crippen LogP contribution in [-0.2, 0) is 14.8 Å². The highest BCUT2D eigenvalue weighted by atomic mass is 32.2. The van der Waals surface area contributed by atoms with E-state index in [-0.39, 0.29) is 6.54 Å². The monoisotopic (exact) mass is 343 g/mol. The second kappa shape index (κ2) is 5.73. The van der Waals surface area contributed by atoms with E-state index >= 15 is 0 Å². The number of hydrogen-bond acceptors (Lipinski definition) is 7. The molecule has 1 fully saturated rings. The van der Waals surface area contributed by atoms with Gasteiger partial charge in [-0.15, -0.1) is 21.5 Å². The normalized spacial score (nSPS) is 20.4. The van der Waals surface area contributed by atoms with Gasteiger partial charge >= 0.3 is 0 Å². The van der Waals surface area contributed by atoms with Gasteiger partial charge in [-0.2, -0.15) is 4.31 Å². The van der Waals surface area contributed by atoms with E-state index < -0.39 is 16.1 Å². The molecule has 0 aliphatic carbocycles. The van der Waals surface area contributed by atoms with Crippen molar-refractivity contribution in [1.82, 2.24) is 14.5 Å². The predicted molar refractivity (Wildman–Crippen MR) is 80.3 cm³/mol. The van der Waals surface area contributed by atoms with E-state index in [4.69, 9.17) is 9.15 Å². The molecule has 2 aromatic heterocycles. The first kappa shape index (κ1) is 15.6. The largest absolute Gasteiger partial charge is 0.423 e. The van der Waals surface area contributed by atoms with E-state index in [1.165, 1.54) is 15.6 Å². The van der Waals surface area contributed by atoms with Crippen LogP contribution in [0.4, 0.5) is 0 Å². The zero-order chi connectivity index (χ0) is 15.9. The Balaban J connectivity index is 1.86. The fraction of sp³-hybridized carbons (Fsp3) is 0.538. The van der Waals surface area contributed by atoms with Crippen LogP contribution in [0.25, 0.3) is 0 Å². The SMILES string of the molecule is Cc1nnc([C@H]2CN(S(=O)(=O)c3cc(C)sc3C)CCO2)o1. The first-order valence-electron chi connectivity index (χ1n) is 6.86. The first-order valence-corrected chi connectivity index (χ1v) is 9.12. The maximum Gasteiger partial charge on any atom is 0.246 e. The zero-order valence-electron chi connectivity index (χ0n) is 12.6. The van der Waals surface area contributed by atoms with Crippen molar-refractivity contribution in [3.63, 3.8) is 0 Å². The molecule has 1 aliphatic rings. The average molecular weight is 343 g/mol. The molecule has 0 amide bonds. The van der Waals surface area contributed by atoms with Crippen LogP contribution in [0.15, 0.2) is 15.4 Å². The summed E-state index contributed by atoms with van der Waals surface area (Å²) >= 11 is 1.48. The third-order valence-corrected chi connectivity index (χ3v) is 6.55. The molecule has 0 aromatic carbocycles. The minimum Gasteiger partial charge on any atom is -0.423 e. The van der Waals surface area contributed by atoms with Gasteiger partial charge in [0.2, 0.25) is 21.8 Å². The van der Waals surface area contributed by atoms with Gasteiger partial charge in [-0.3, -0.25) is 0 Å². The average Bonchev–Trinajstić information content (AvgIpc) is 3.05. The van der Waals surface area contributed by atoms with Crippen molar-refractivity contribution < 1.29 is 17.6 Å². The van der Waals surface area contributed by atoms with Crippen LogP contribution in [0.1, 0.15) is 27.6 Å². The van der Waals surface area contributed by atoms with Gasteiger partial charge in [0, 0.05) is 29.8 Å². The van der Waals surface area contributed by atoms with Crippen molar-refractivity contribution in [3.05, 3.63) is 27.6 Å². The molecule has 2 aromatic rings. The first-order chi connectivity index (χ1) is 10.4. The molecule has 1 atom stereocenters. The maximum absolute atomic E-state index is 12.8. The summed E-state index contributed by atoms with van der Waals surface area (Å²) < 4.78 is 38.0. The van der Waals surface area contributed by atoms with Crippen molar-refractivity contribution in [2.24, 2.45) is 0 Å². The molecule has 9 heteroatoms. The van der Waals surface area contributed by atoms with Gasteiger partial charge in [0.05, 0.1) is 11.5 Å². The Bertz CT molecular complexity index is 781. The molecule has 0 spiro atoms. The van der Waals surface area contributed by atoms with Gasteiger partial charge in [-0.05, 0) is 19.9 Å². The highest BCUT2D eigenvalue weighted by Gasteiger charge is 2.35. The fourth-order valence-electron chi connectivity index (χ4n) is 2.44. The van der Waals surface area contributed by atoms with Gasteiger partial charge in [0.1, 0.15) is 6.10 Å². The van der Waals surface area contributed by atoms with E-state index in [9.17, 15) is 8.42 Å². The van der Waals surface area contributed by atoms with E-state index in [0.29, 0.717) is 29.8 Å². The Morgan fingerprint density at radius 3 is 2.68 bits per heavy atom. The third-order valence-electron chi connectivity index (χ3n) is 3.46. The molecule has 0 saturated carbocycles. The fourth-order valence-corrected chi connectivity index (χ4v) is 5.39. The van der Waals surface area contributed by atoms with Crippen LogP contribution in [0.3, 0.4) is 0 Å². The highest BCUT2D eigenvalue weighted by Crippen LogP contribution is 2.30. The van der Waals surface area contributed by atoms with Crippen LogP contribution in [0.5, 0.6) is 0 Å². The number of rotatable bonds is 3. The number of thiophene rings is 1. The Hall–Kier alpha value is -1.29. The molecule has 0 unspecified atom stereocenters. The van der Waals surface area contributed by atoms with Crippen LogP contribution in [-0.4, -0.2) is 42.6 Å². The lowest BCUT2D eigenvalue weighted by molar-refractivity contribution is -0.0176. The summed E-state index contributed by atoms with van der Waals surface area (Å²) in [5.41, 5.74) is 0. The minimum absolute atomic E-state index is 0.179. The quantitative estimate of drug-likeness (QED) is 0.845. The van der Waals surface area contributed by atoms with Crippen LogP contribution >= 0.6 is 11.3 Å². The van der Waals surface area contributed by atoms with Crippen molar-refractivity contribution in [2.45, 2.75) is 31.8 Å². The number of aryl methyl sites for hydroxylation is 3. The van der Waals surface area contributed by atoms with Crippen LogP contribution in [0.2, 0.25) is 0 Å². The summed E-state index contributed by atoms with van der Waals surface area (Å²) in [6.45, 7) is 6.21. The van der Waals surface area contributed by atoms with Crippen molar-refractivity contribution in [3.8, 4) is 0 Å². The predicted octanol–water partition coefficient (Wildman–Crippen LogP) is 1.82. The maximum atomic E-state index is 12.8. The molecule has 3 heterocycles. The number of ether oxygens (including phenoxy) is 1. The zero-order valence-corrected chi connectivity index (χ0v) is 14.2. The molecule has 1 saturated heterocycles. The molecule has 0 radical (unpaired) electrons. The lowest BCUT2D eigenvalue weighted by Crippen LogP contribution is -2.42. The lowest BCUT2D eigenvalue weighted by Gasteiger charge is -2.30. The summed E-state index contributed by atoms with van der Waals surface area (Å²) in [6.07, 6.45) is -0.523. The Labute approximate surface area is 133 Å². The van der Waals surface area contributed by atoms with E-state index in [2.05, 4.69) is 10.2 Å². The lowest BCUT2D eigenvalue weighted by atomic mass is 10.3. The summed E-state index contributed by atoms with van der Waals surface area (Å²) in [7, 11) is -3.53. The van der Waals surface area contributed by atoms with E-state index in [1.54, 1.807) is 13.0 Å². The molecular weight excluding hydrogens is 326 g/mol. The number of aromatic nitrogens is 2. The third kappa shape index (κ3) is 2.81. The minimum atomic E-state index is -3.53. The molecule has 120 valence electrons. The summed E-state index contributed by atoms with van der Waals surface area (Å²) in [4.78, 5) is 2.15. The van der Waals surface area contributed by atoms with E-state index in [1.807, 2.05) is 13.8 Å². The molecule has 22 heavy (non-hydrogen) atoms. The van der Waals surface area contributed by atoms with Gasteiger partial charge < -0.3 is 9.15 Å². The summed E-state index contributed by atoms with van der Waals surface area (Å²) in [5, 5.41) is 7.68. The molecule has 1 aliphatic heterocycles. The van der Waals surface area contributed by atoms with Crippen LogP contribution in [0, 0.1) is 20.8 Å². The van der Waals surface area contributed by atoms with Gasteiger partial charge in [0.25, 0.3) is 0 Å². The highest BCUT2D eigenvalue weighted by molar-refractivity contribution is 7.89. The molecule has 0 N–H and O–H groups in total. The molecular formula is C13H17N3O4S2. The topological polar surface area (TPSA) is 85.5 Å². The van der Waals surface area contributed by atoms with Crippen molar-refractivity contribution in [2.75, 3.05) is 19.7 Å². The second-order valence-electron chi connectivity index (χ2n) is 5.16. The number of hydrogen-bond donors (Lipinski definition) is 0. The van der Waals surface area contributed by atoms with Gasteiger partial charge in [-0.25, -0.2) is 8.42 Å². The summed E-state index contributed by atoms with van der Waals surface area (Å²) in [5.74, 6) is 0.749. The van der Waals surface area contributed by atoms with E-state index in [0.717, 1.165) is 9.75 Å². The van der Waals surface area contributed by atoms with Gasteiger partial charge in [0.15, 0.2) is 0 Å². The number of nitrogens with zero attached hydrogens (tertiary/aromatic N) is 3. The Morgan fingerprint density at radius 2 is 2.09 bits per heavy atom. The smallest absolute Gasteiger partial charge is 0.246 e. The molecule has 3 rings (SSSR count). The standard InChI is InChI=1S/C13H17N3O4S2/c1-8-6-12(9(2)21-8)22(17,18)16-4-5-19-11(7-16)13-15-14-10(3)20-13/h6,11H,4-5,7H2,1-3H3/t11-/m1/s1. The Kier molecular flexibility index (Phi) is 4.06. The Morgan fingerprint density at radius 1 is 1.32 bits per heavy atom. The van der Waals surface area contributed by atoms with Crippen molar-refractivity contribution in [1.29, 1.82) is 0 Å². The molecule has 7 nitrogen and oxygen atoms in total. The van der Waals surface area contributed by atoms with Crippen molar-refractivity contribution >= 4 is 21.4 Å². The molecule has 0 bridgehead atoms. The summed E-state index contributed by atoms with van der Waals surface area (Å²) in [6, 6.07) is 1.72. The second-order valence-corrected chi connectivity index (χ2v) is 8.53. The number of sulfonamides is 1. The van der Waals surface area contributed by atoms with Gasteiger partial charge in [-0.1, -0.05) is 0 Å². The van der Waals surface area contributed by atoms with Crippen LogP contribution < -0.4 is 0 Å². The number of morpholine rings is 1.